The zero-order valence-electron chi connectivity index (χ0n) is 17.4. The van der Waals surface area contributed by atoms with Gasteiger partial charge in [-0.2, -0.15) is 4.31 Å². The average molecular weight is 442 g/mol. The lowest BCUT2D eigenvalue weighted by Gasteiger charge is -2.38. The summed E-state index contributed by atoms with van der Waals surface area (Å²) in [6, 6.07) is 11.1. The van der Waals surface area contributed by atoms with E-state index in [-0.39, 0.29) is 11.8 Å². The third kappa shape index (κ3) is 5.29. The summed E-state index contributed by atoms with van der Waals surface area (Å²) in [4.78, 5) is 25.5. The van der Waals surface area contributed by atoms with Crippen LogP contribution in [0.25, 0.3) is 6.08 Å². The Hall–Kier alpha value is -2.78. The van der Waals surface area contributed by atoms with E-state index in [1.54, 1.807) is 24.5 Å². The summed E-state index contributed by atoms with van der Waals surface area (Å²) in [7, 11) is -3.49. The van der Waals surface area contributed by atoms with Crippen LogP contribution in [0.15, 0.2) is 54.2 Å². The first-order valence-electron chi connectivity index (χ1n) is 10.6. The van der Waals surface area contributed by atoms with Gasteiger partial charge in [-0.15, -0.1) is 0 Å². The molecule has 1 amide bonds. The number of carbonyl (C=O) groups excluding carboxylic acids is 1. The Balaban J connectivity index is 1.28. The fourth-order valence-electron chi connectivity index (χ4n) is 4.01. The summed E-state index contributed by atoms with van der Waals surface area (Å²) < 4.78 is 26.7. The van der Waals surface area contributed by atoms with Crippen molar-refractivity contribution in [2.24, 2.45) is 5.92 Å². The molecule has 2 aromatic rings. The molecule has 1 aromatic carbocycles. The Kier molecular flexibility index (Phi) is 6.62. The number of benzene rings is 1. The second kappa shape index (κ2) is 9.57. The molecule has 9 heteroatoms. The molecule has 4 rings (SSSR count). The first-order valence-corrected chi connectivity index (χ1v) is 12.1. The van der Waals surface area contributed by atoms with E-state index in [2.05, 4.69) is 14.9 Å². The van der Waals surface area contributed by atoms with Crippen molar-refractivity contribution in [1.29, 1.82) is 0 Å². The fourth-order valence-corrected chi connectivity index (χ4v) is 5.23. The van der Waals surface area contributed by atoms with Crippen molar-refractivity contribution in [2.45, 2.75) is 12.8 Å². The molecule has 2 aliphatic heterocycles. The molecule has 0 radical (unpaired) electrons. The minimum Gasteiger partial charge on any atom is -0.339 e. The van der Waals surface area contributed by atoms with E-state index in [9.17, 15) is 13.2 Å². The van der Waals surface area contributed by atoms with Gasteiger partial charge in [-0.3, -0.25) is 4.79 Å². The second-order valence-electron chi connectivity index (χ2n) is 7.79. The first kappa shape index (κ1) is 21.5. The number of anilines is 1. The molecular formula is C22H27N5O3S. The molecule has 0 atom stereocenters. The van der Waals surface area contributed by atoms with Crippen LogP contribution in [0, 0.1) is 5.92 Å². The van der Waals surface area contributed by atoms with Crippen molar-refractivity contribution in [3.05, 3.63) is 59.8 Å². The number of hydrogen-bond acceptors (Lipinski definition) is 6. The lowest BCUT2D eigenvalue weighted by molar-refractivity contribution is -0.137. The summed E-state index contributed by atoms with van der Waals surface area (Å²) in [5.74, 6) is 0.700. The second-order valence-corrected chi connectivity index (χ2v) is 9.61. The van der Waals surface area contributed by atoms with E-state index in [4.69, 9.17) is 0 Å². The third-order valence-corrected chi connectivity index (χ3v) is 7.39. The van der Waals surface area contributed by atoms with Crippen molar-refractivity contribution in [1.82, 2.24) is 19.2 Å². The maximum atomic E-state index is 13.0. The maximum absolute atomic E-state index is 13.0. The van der Waals surface area contributed by atoms with E-state index in [1.807, 2.05) is 35.2 Å². The van der Waals surface area contributed by atoms with Crippen LogP contribution >= 0.6 is 0 Å². The van der Waals surface area contributed by atoms with Gasteiger partial charge in [0.2, 0.25) is 21.9 Å². The molecule has 31 heavy (non-hydrogen) atoms. The van der Waals surface area contributed by atoms with Gasteiger partial charge in [0, 0.05) is 63.0 Å². The zero-order valence-corrected chi connectivity index (χ0v) is 18.2. The van der Waals surface area contributed by atoms with Crippen LogP contribution in [-0.4, -0.2) is 72.8 Å². The third-order valence-electron chi connectivity index (χ3n) is 5.82. The van der Waals surface area contributed by atoms with Crippen LogP contribution < -0.4 is 4.90 Å². The molecule has 0 unspecified atom stereocenters. The van der Waals surface area contributed by atoms with Gasteiger partial charge in [-0.25, -0.2) is 18.4 Å². The largest absolute Gasteiger partial charge is 0.339 e. The molecule has 0 aliphatic carbocycles. The highest BCUT2D eigenvalue weighted by Gasteiger charge is 2.33. The summed E-state index contributed by atoms with van der Waals surface area (Å²) >= 11 is 0. The Morgan fingerprint density at radius 1 is 0.903 bits per heavy atom. The van der Waals surface area contributed by atoms with Gasteiger partial charge < -0.3 is 9.80 Å². The highest BCUT2D eigenvalue weighted by atomic mass is 32.2. The molecule has 1 aromatic heterocycles. The van der Waals surface area contributed by atoms with E-state index in [1.165, 1.54) is 9.71 Å². The van der Waals surface area contributed by atoms with Gasteiger partial charge in [-0.05, 0) is 30.5 Å². The minimum atomic E-state index is -3.49. The summed E-state index contributed by atoms with van der Waals surface area (Å²) in [5.41, 5.74) is 0.844. The number of amides is 1. The van der Waals surface area contributed by atoms with E-state index in [0.717, 1.165) is 5.56 Å². The van der Waals surface area contributed by atoms with Crippen LogP contribution in [0.2, 0.25) is 0 Å². The molecule has 2 saturated heterocycles. The van der Waals surface area contributed by atoms with Crippen LogP contribution in [0.4, 0.5) is 5.95 Å². The highest BCUT2D eigenvalue weighted by Crippen LogP contribution is 2.23. The number of sulfonamides is 1. The standard InChI is InChI=1S/C22H27N5O3S/c28-21(25-14-16-26(17-15-25)22-23-10-4-11-24-22)20-7-12-27(13-8-20)31(29,30)18-9-19-5-2-1-3-6-19/h1-6,9-11,18,20H,7-8,12-17H2/b18-9+. The SMILES string of the molecule is O=C(C1CCN(S(=O)(=O)/C=C/c2ccccc2)CC1)N1CCN(c2ncccn2)CC1. The Morgan fingerprint density at radius 2 is 1.55 bits per heavy atom. The Labute approximate surface area is 183 Å². The van der Waals surface area contributed by atoms with Crippen molar-refractivity contribution in [3.63, 3.8) is 0 Å². The summed E-state index contributed by atoms with van der Waals surface area (Å²) in [6.07, 6.45) is 6.16. The molecule has 164 valence electrons. The molecular weight excluding hydrogens is 414 g/mol. The van der Waals surface area contributed by atoms with Gasteiger partial charge >= 0.3 is 0 Å². The smallest absolute Gasteiger partial charge is 0.236 e. The quantitative estimate of drug-likeness (QED) is 0.704. The maximum Gasteiger partial charge on any atom is 0.236 e. The van der Waals surface area contributed by atoms with Crippen molar-refractivity contribution >= 4 is 28.0 Å². The Morgan fingerprint density at radius 3 is 2.19 bits per heavy atom. The molecule has 8 nitrogen and oxygen atoms in total. The predicted octanol–water partition coefficient (Wildman–Crippen LogP) is 1.84. The van der Waals surface area contributed by atoms with Gasteiger partial charge in [0.15, 0.2) is 0 Å². The van der Waals surface area contributed by atoms with Gasteiger partial charge in [0.05, 0.1) is 0 Å². The lowest BCUT2D eigenvalue weighted by Crippen LogP contribution is -2.52. The zero-order chi connectivity index (χ0) is 21.7. The van der Waals surface area contributed by atoms with E-state index < -0.39 is 10.0 Å². The monoisotopic (exact) mass is 441 g/mol. The fraction of sp³-hybridized carbons (Fsp3) is 0.409. The van der Waals surface area contributed by atoms with Gasteiger partial charge in [0.25, 0.3) is 0 Å². The summed E-state index contributed by atoms with van der Waals surface area (Å²) in [6.45, 7) is 3.41. The molecule has 2 fully saturated rings. The van der Waals surface area contributed by atoms with E-state index >= 15 is 0 Å². The average Bonchev–Trinajstić information content (AvgIpc) is 2.84. The molecule has 0 bridgehead atoms. The van der Waals surface area contributed by atoms with Crippen molar-refractivity contribution in [3.8, 4) is 0 Å². The molecule has 0 saturated carbocycles. The van der Waals surface area contributed by atoms with Crippen LogP contribution in [0.3, 0.4) is 0 Å². The number of piperidine rings is 1. The van der Waals surface area contributed by atoms with Gasteiger partial charge in [-0.1, -0.05) is 30.3 Å². The van der Waals surface area contributed by atoms with Gasteiger partial charge in [0.1, 0.15) is 0 Å². The predicted molar refractivity (Wildman–Crippen MR) is 120 cm³/mol. The normalized spacial score (nSPS) is 19.1. The number of aromatic nitrogens is 2. The number of piperazine rings is 1. The Bertz CT molecular complexity index is 998. The molecule has 3 heterocycles. The first-order chi connectivity index (χ1) is 15.0. The number of carbonyl (C=O) groups is 1. The topological polar surface area (TPSA) is 86.7 Å². The van der Waals surface area contributed by atoms with Crippen molar-refractivity contribution < 1.29 is 13.2 Å². The molecule has 0 N–H and O–H groups in total. The summed E-state index contributed by atoms with van der Waals surface area (Å²) in [5, 5.41) is 1.26. The lowest BCUT2D eigenvalue weighted by atomic mass is 9.96. The van der Waals surface area contributed by atoms with E-state index in [0.29, 0.717) is 58.1 Å². The van der Waals surface area contributed by atoms with Crippen molar-refractivity contribution in [2.75, 3.05) is 44.2 Å². The number of hydrogen-bond donors (Lipinski definition) is 0. The highest BCUT2D eigenvalue weighted by molar-refractivity contribution is 7.92. The van der Waals surface area contributed by atoms with Crippen LogP contribution in [0.5, 0.6) is 0 Å². The molecule has 0 spiro atoms. The number of nitrogens with zero attached hydrogens (tertiary/aromatic N) is 5. The molecule has 2 aliphatic rings. The van der Waals surface area contributed by atoms with Crippen LogP contribution in [-0.2, 0) is 14.8 Å². The number of rotatable bonds is 5. The minimum absolute atomic E-state index is 0.121. The van der Waals surface area contributed by atoms with Crippen LogP contribution in [0.1, 0.15) is 18.4 Å².